The van der Waals surface area contributed by atoms with E-state index in [-0.39, 0.29) is 157 Å². The Balaban J connectivity index is -0.00000217. The molecule has 0 bridgehead atoms. The first-order chi connectivity index (χ1) is 24.6. The van der Waals surface area contributed by atoms with Gasteiger partial charge in [-0.2, -0.15) is 47.0 Å². The van der Waals surface area contributed by atoms with Crippen LogP contribution in [-0.4, -0.2) is 169 Å². The summed E-state index contributed by atoms with van der Waals surface area (Å²) in [6, 6.07) is -5.39. The Kier molecular flexibility index (Phi) is 47.5. The van der Waals surface area contributed by atoms with Gasteiger partial charge in [0, 0.05) is 13.1 Å². The molecule has 0 radical (unpaired) electrons. The van der Waals surface area contributed by atoms with Gasteiger partial charge in [-0.3, -0.25) is 29.0 Å². The molecule has 4 N–H and O–H groups in total. The fraction of sp³-hybridized carbons (Fsp3) is 0.733. The molecular weight excluding hydrogens is 857 g/mol. The maximum Gasteiger partial charge on any atom is 1.00 e. The van der Waals surface area contributed by atoms with Crippen molar-refractivity contribution in [1.82, 2.24) is 31.1 Å². The first kappa shape index (κ1) is 66.2. The van der Waals surface area contributed by atoms with E-state index in [1.165, 1.54) is 56.8 Å². The number of carboxylic acid groups (broad SMARTS) is 4. The minimum Gasteiger partial charge on any atom is -0.548 e. The van der Waals surface area contributed by atoms with Crippen LogP contribution in [0, 0.1) is 0 Å². The molecule has 0 aromatic rings. The van der Waals surface area contributed by atoms with Gasteiger partial charge >= 0.3 is 118 Å². The summed E-state index contributed by atoms with van der Waals surface area (Å²) < 4.78 is 0. The van der Waals surface area contributed by atoms with E-state index < -0.39 is 97.9 Å². The van der Waals surface area contributed by atoms with Gasteiger partial charge in [-0.25, -0.2) is 0 Å². The number of hydrogen-bond acceptors (Lipinski definition) is 18. The molecule has 0 heterocycles. The third-order valence-electron chi connectivity index (χ3n) is 7.12. The van der Waals surface area contributed by atoms with Crippen LogP contribution in [0.1, 0.15) is 25.7 Å². The second kappa shape index (κ2) is 40.2. The molecule has 26 heteroatoms. The standard InChI is InChI=1S/C30H52N6O12S4.4Na/c1-49-11-5-19(27(41)42)31-23(37)15-35(16-24(38)32-20(28(43)44)6-12-50-2)9-10-36(17-25(39)33-21(29(45)46)7-13-51-3)18-26(40)34-22(30(47)48)8-14-52-4;;;;/h19-22H,5-18H2,1-4H3,(H,31,37)(H,32,38)(H,33,39)(H,34,40)(H,41,42)(H,43,44)(H,45,46)(H,47,48);;;;/q;4*+1/p-4. The quantitative estimate of drug-likeness (QED) is 0.0470. The van der Waals surface area contributed by atoms with Gasteiger partial charge in [-0.1, -0.05) is 0 Å². The van der Waals surface area contributed by atoms with Crippen LogP contribution in [0.2, 0.25) is 0 Å². The average Bonchev–Trinajstić information content (AvgIpc) is 3.06. The molecule has 18 nitrogen and oxygen atoms in total. The number of nitrogens with one attached hydrogen (secondary N) is 4. The first-order valence-electron chi connectivity index (χ1n) is 16.0. The molecule has 0 aliphatic rings. The molecule has 4 unspecified atom stereocenters. The van der Waals surface area contributed by atoms with Crippen molar-refractivity contribution in [3.63, 3.8) is 0 Å². The maximum absolute atomic E-state index is 13.0. The van der Waals surface area contributed by atoms with Crippen LogP contribution in [0.4, 0.5) is 0 Å². The number of carboxylic acids is 4. The summed E-state index contributed by atoms with van der Waals surface area (Å²) in [5, 5.41) is 55.7. The number of aliphatic carboxylic acids is 4. The van der Waals surface area contributed by atoms with E-state index in [2.05, 4.69) is 21.3 Å². The Morgan fingerprint density at radius 2 is 0.589 bits per heavy atom. The number of carbonyl (C=O) groups is 8. The average molecular weight is 905 g/mol. The minimum absolute atomic E-state index is 0. The van der Waals surface area contributed by atoms with Crippen molar-refractivity contribution in [3.8, 4) is 0 Å². The normalized spacial score (nSPS) is 12.5. The van der Waals surface area contributed by atoms with Crippen molar-refractivity contribution in [1.29, 1.82) is 0 Å². The van der Waals surface area contributed by atoms with E-state index in [1.807, 2.05) is 0 Å². The molecule has 0 saturated carbocycles. The van der Waals surface area contributed by atoms with Crippen LogP contribution < -0.4 is 160 Å². The van der Waals surface area contributed by atoms with E-state index in [9.17, 15) is 58.8 Å². The smallest absolute Gasteiger partial charge is 0.548 e. The summed E-state index contributed by atoms with van der Waals surface area (Å²) in [6.07, 6.45) is 7.15. The predicted octanol–water partition coefficient (Wildman–Crippen LogP) is -18.4. The molecule has 0 fully saturated rings. The summed E-state index contributed by atoms with van der Waals surface area (Å²) in [5.41, 5.74) is 0. The summed E-state index contributed by atoms with van der Waals surface area (Å²) in [5.74, 6) is -7.84. The van der Waals surface area contributed by atoms with E-state index >= 15 is 0 Å². The number of amides is 4. The van der Waals surface area contributed by atoms with Gasteiger partial charge in [-0.05, 0) is 73.7 Å². The van der Waals surface area contributed by atoms with Gasteiger partial charge < -0.3 is 60.9 Å². The van der Waals surface area contributed by atoms with E-state index in [0.717, 1.165) is 0 Å². The molecule has 0 rings (SSSR count). The Morgan fingerprint density at radius 3 is 0.732 bits per heavy atom. The second-order valence-corrected chi connectivity index (χ2v) is 15.2. The van der Waals surface area contributed by atoms with Crippen molar-refractivity contribution < 1.29 is 177 Å². The Bertz CT molecular complexity index is 1040. The fourth-order valence-corrected chi connectivity index (χ4v) is 6.31. The molecule has 0 spiro atoms. The number of thioether (sulfide) groups is 4. The van der Waals surface area contributed by atoms with Gasteiger partial charge in [0.25, 0.3) is 0 Å². The molecule has 0 aliphatic heterocycles. The largest absolute Gasteiger partial charge is 1.00 e. The van der Waals surface area contributed by atoms with Crippen LogP contribution in [0.25, 0.3) is 0 Å². The summed E-state index contributed by atoms with van der Waals surface area (Å²) >= 11 is 5.37. The number of carbonyl (C=O) groups excluding carboxylic acids is 8. The van der Waals surface area contributed by atoms with Gasteiger partial charge in [0.05, 0.1) is 74.2 Å². The van der Waals surface area contributed by atoms with Crippen LogP contribution in [-0.2, 0) is 38.4 Å². The van der Waals surface area contributed by atoms with Gasteiger partial charge in [-0.15, -0.1) is 0 Å². The molecule has 4 amide bonds. The van der Waals surface area contributed by atoms with Crippen molar-refractivity contribution in [2.75, 3.05) is 87.3 Å². The minimum atomic E-state index is -1.53. The maximum atomic E-state index is 13.0. The summed E-state index contributed by atoms with van der Waals surface area (Å²) in [7, 11) is 0. The molecule has 56 heavy (non-hydrogen) atoms. The summed E-state index contributed by atoms with van der Waals surface area (Å²) in [4.78, 5) is 101. The third-order valence-corrected chi connectivity index (χ3v) is 9.70. The van der Waals surface area contributed by atoms with Gasteiger partial charge in [0.1, 0.15) is 0 Å². The predicted molar refractivity (Wildman–Crippen MR) is 193 cm³/mol. The van der Waals surface area contributed by atoms with E-state index in [1.54, 1.807) is 25.0 Å². The SMILES string of the molecule is CSCCC(NC(=O)CN(CCN(CC(=O)NC(CCSC)C(=O)[O-])CC(=O)NC(CCSC)C(=O)[O-])CC(=O)NC(CCSC)C(=O)[O-])C(=O)[O-].[Na+].[Na+].[Na+].[Na+]. The van der Waals surface area contributed by atoms with E-state index in [4.69, 9.17) is 0 Å². The molecule has 298 valence electrons. The zero-order chi connectivity index (χ0) is 39.6. The Morgan fingerprint density at radius 1 is 0.411 bits per heavy atom. The van der Waals surface area contributed by atoms with E-state index in [0.29, 0.717) is 23.0 Å². The van der Waals surface area contributed by atoms with Gasteiger partial charge in [0.2, 0.25) is 23.6 Å². The zero-order valence-electron chi connectivity index (χ0n) is 33.6. The Labute approximate surface area is 434 Å². The number of nitrogens with zero attached hydrogens (tertiary/aromatic N) is 2. The molecule has 0 saturated heterocycles. The summed E-state index contributed by atoms with van der Waals surface area (Å²) in [6.45, 7) is -2.79. The molecule has 0 aromatic heterocycles. The van der Waals surface area contributed by atoms with Crippen molar-refractivity contribution in [2.45, 2.75) is 49.9 Å². The molecule has 0 aromatic carbocycles. The van der Waals surface area contributed by atoms with Crippen LogP contribution in [0.3, 0.4) is 0 Å². The molecule has 4 atom stereocenters. The van der Waals surface area contributed by atoms with Crippen molar-refractivity contribution in [2.24, 2.45) is 0 Å². The van der Waals surface area contributed by atoms with Crippen molar-refractivity contribution >= 4 is 94.6 Å². The van der Waals surface area contributed by atoms with Crippen molar-refractivity contribution in [3.05, 3.63) is 0 Å². The number of rotatable bonds is 31. The third kappa shape index (κ3) is 32.8. The van der Waals surface area contributed by atoms with Crippen LogP contribution in [0.15, 0.2) is 0 Å². The topological polar surface area (TPSA) is 283 Å². The van der Waals surface area contributed by atoms with Crippen LogP contribution >= 0.6 is 47.0 Å². The van der Waals surface area contributed by atoms with Gasteiger partial charge in [0.15, 0.2) is 0 Å². The second-order valence-electron chi connectivity index (χ2n) is 11.3. The Hall–Kier alpha value is 1.08. The molecule has 0 aliphatic carbocycles. The van der Waals surface area contributed by atoms with Crippen LogP contribution in [0.5, 0.6) is 0 Å². The molecular formula is C30H48N6Na4O12S4. The number of hydrogen-bond donors (Lipinski definition) is 4. The zero-order valence-corrected chi connectivity index (χ0v) is 44.9. The fourth-order valence-electron chi connectivity index (χ4n) is 4.42. The first-order valence-corrected chi connectivity index (χ1v) is 21.6. The monoisotopic (exact) mass is 904 g/mol.